The van der Waals surface area contributed by atoms with Crippen molar-refractivity contribution in [3.8, 4) is 0 Å². The highest BCUT2D eigenvalue weighted by Gasteiger charge is 2.31. The quantitative estimate of drug-likeness (QED) is 0.371. The Labute approximate surface area is 150 Å². The van der Waals surface area contributed by atoms with Gasteiger partial charge in [0.25, 0.3) is 0 Å². The Bertz CT molecular complexity index is 270. The molecule has 1 saturated heterocycles. The van der Waals surface area contributed by atoms with Crippen LogP contribution in [0.1, 0.15) is 110 Å². The smallest absolute Gasteiger partial charge is 0.109 e. The predicted octanol–water partition coefficient (Wildman–Crippen LogP) is 5.37. The number of hydrogen-bond acceptors (Lipinski definition) is 3. The molecule has 0 aromatic heterocycles. The summed E-state index contributed by atoms with van der Waals surface area (Å²) in [6, 6.07) is 0. The number of ether oxygens (including phenoxy) is 1. The van der Waals surface area contributed by atoms with Gasteiger partial charge in [0.05, 0.1) is 12.2 Å². The zero-order chi connectivity index (χ0) is 17.5. The molecule has 3 heteroatoms. The summed E-state index contributed by atoms with van der Waals surface area (Å²) < 4.78 is 5.40. The average Bonchev–Trinajstić information content (AvgIpc) is 3.01. The van der Waals surface area contributed by atoms with Crippen molar-refractivity contribution >= 4 is 0 Å². The van der Waals surface area contributed by atoms with Gasteiger partial charge < -0.3 is 14.9 Å². The third kappa shape index (κ3) is 10.7. The van der Waals surface area contributed by atoms with E-state index in [0.29, 0.717) is 13.0 Å². The molecule has 3 atom stereocenters. The number of rotatable bonds is 16. The number of hydrogen-bond donors (Lipinski definition) is 2. The number of unbranched alkanes of at least 4 members (excludes halogenated alkanes) is 13. The van der Waals surface area contributed by atoms with E-state index in [4.69, 9.17) is 4.74 Å². The normalized spacial score (nSPS) is 22.1. The van der Waals surface area contributed by atoms with Crippen LogP contribution in [0.25, 0.3) is 0 Å². The highest BCUT2D eigenvalue weighted by Crippen LogP contribution is 2.20. The van der Waals surface area contributed by atoms with Crippen LogP contribution in [0.2, 0.25) is 0 Å². The van der Waals surface area contributed by atoms with E-state index < -0.39 is 12.2 Å². The van der Waals surface area contributed by atoms with E-state index in [1.54, 1.807) is 0 Å². The Balaban J connectivity index is 1.76. The molecule has 0 aliphatic carbocycles. The van der Waals surface area contributed by atoms with Gasteiger partial charge in [0.15, 0.2) is 0 Å². The molecular weight excluding hydrogens is 300 g/mol. The molecule has 1 rings (SSSR count). The first-order valence-electron chi connectivity index (χ1n) is 10.7. The van der Waals surface area contributed by atoms with Crippen molar-refractivity contribution in [1.82, 2.24) is 0 Å². The lowest BCUT2D eigenvalue weighted by molar-refractivity contribution is -0.0488. The van der Waals surface area contributed by atoms with Crippen LogP contribution in [0.5, 0.6) is 0 Å². The van der Waals surface area contributed by atoms with Crippen LogP contribution in [0.4, 0.5) is 0 Å². The Morgan fingerprint density at radius 2 is 1.25 bits per heavy atom. The van der Waals surface area contributed by atoms with Gasteiger partial charge in [0, 0.05) is 6.61 Å². The molecule has 24 heavy (non-hydrogen) atoms. The fourth-order valence-corrected chi connectivity index (χ4v) is 3.68. The van der Waals surface area contributed by atoms with Gasteiger partial charge in [-0.2, -0.15) is 0 Å². The maximum absolute atomic E-state index is 10.0. The summed E-state index contributed by atoms with van der Waals surface area (Å²) in [5.74, 6) is 0. The first-order chi connectivity index (χ1) is 11.8. The first kappa shape index (κ1) is 21.9. The lowest BCUT2D eigenvalue weighted by Crippen LogP contribution is -2.34. The van der Waals surface area contributed by atoms with Crippen molar-refractivity contribution in [3.63, 3.8) is 0 Å². The lowest BCUT2D eigenvalue weighted by atomic mass is 10.0. The minimum atomic E-state index is -0.486. The summed E-state index contributed by atoms with van der Waals surface area (Å²) in [6.45, 7) is 2.86. The third-order valence-corrected chi connectivity index (χ3v) is 5.34. The van der Waals surface area contributed by atoms with Crippen molar-refractivity contribution in [3.05, 3.63) is 0 Å². The van der Waals surface area contributed by atoms with Gasteiger partial charge in [-0.05, 0) is 12.8 Å². The fraction of sp³-hybridized carbons (Fsp3) is 1.00. The summed E-state index contributed by atoms with van der Waals surface area (Å²) in [5.41, 5.74) is 0. The maximum atomic E-state index is 10.0. The lowest BCUT2D eigenvalue weighted by Gasteiger charge is -2.20. The predicted molar refractivity (Wildman–Crippen MR) is 101 cm³/mol. The van der Waals surface area contributed by atoms with E-state index in [9.17, 15) is 10.2 Å². The second kappa shape index (κ2) is 15.2. The average molecular weight is 343 g/mol. The molecule has 0 radical (unpaired) electrons. The van der Waals surface area contributed by atoms with E-state index in [1.165, 1.54) is 83.5 Å². The van der Waals surface area contributed by atoms with E-state index in [-0.39, 0.29) is 6.10 Å². The molecule has 0 aromatic rings. The summed E-state index contributed by atoms with van der Waals surface area (Å²) in [4.78, 5) is 0. The molecule has 0 amide bonds. The van der Waals surface area contributed by atoms with Gasteiger partial charge in [0.2, 0.25) is 0 Å². The maximum Gasteiger partial charge on any atom is 0.109 e. The SMILES string of the molecule is CCCCCCCCCCCCCCCCC(O)[C@H]1OCC[C@H]1O. The summed E-state index contributed by atoms with van der Waals surface area (Å²) in [7, 11) is 0. The summed E-state index contributed by atoms with van der Waals surface area (Å²) >= 11 is 0. The fourth-order valence-electron chi connectivity index (χ4n) is 3.68. The molecule has 3 nitrogen and oxygen atoms in total. The van der Waals surface area contributed by atoms with Crippen molar-refractivity contribution in [1.29, 1.82) is 0 Å². The largest absolute Gasteiger partial charge is 0.390 e. The van der Waals surface area contributed by atoms with Crippen LogP contribution in [-0.4, -0.2) is 35.1 Å². The second-order valence-corrected chi connectivity index (χ2v) is 7.64. The van der Waals surface area contributed by atoms with Gasteiger partial charge in [-0.1, -0.05) is 96.8 Å². The van der Waals surface area contributed by atoms with Crippen LogP contribution in [0, 0.1) is 0 Å². The zero-order valence-corrected chi connectivity index (χ0v) is 16.1. The summed E-state index contributed by atoms with van der Waals surface area (Å²) in [6.07, 6.45) is 19.0. The first-order valence-corrected chi connectivity index (χ1v) is 10.7. The van der Waals surface area contributed by atoms with Crippen molar-refractivity contribution in [2.75, 3.05) is 6.61 Å². The van der Waals surface area contributed by atoms with E-state index >= 15 is 0 Å². The molecule has 1 unspecified atom stereocenters. The third-order valence-electron chi connectivity index (χ3n) is 5.34. The number of aliphatic hydroxyl groups is 2. The van der Waals surface area contributed by atoms with E-state index in [1.807, 2.05) is 0 Å². The Hall–Kier alpha value is -0.120. The Morgan fingerprint density at radius 1 is 0.792 bits per heavy atom. The van der Waals surface area contributed by atoms with Crippen LogP contribution < -0.4 is 0 Å². The molecule has 0 bridgehead atoms. The minimum Gasteiger partial charge on any atom is -0.390 e. The number of aliphatic hydroxyl groups excluding tert-OH is 2. The summed E-state index contributed by atoms with van der Waals surface area (Å²) in [5, 5.41) is 19.7. The molecule has 1 aliphatic heterocycles. The van der Waals surface area contributed by atoms with Crippen LogP contribution in [0.3, 0.4) is 0 Å². The Kier molecular flexibility index (Phi) is 13.8. The molecule has 1 fully saturated rings. The molecular formula is C21H42O3. The highest BCUT2D eigenvalue weighted by atomic mass is 16.5. The molecule has 0 saturated carbocycles. The van der Waals surface area contributed by atoms with Gasteiger partial charge in [-0.15, -0.1) is 0 Å². The topological polar surface area (TPSA) is 49.7 Å². The Morgan fingerprint density at radius 3 is 1.67 bits per heavy atom. The van der Waals surface area contributed by atoms with Crippen LogP contribution in [0.15, 0.2) is 0 Å². The van der Waals surface area contributed by atoms with Crippen LogP contribution in [-0.2, 0) is 4.74 Å². The molecule has 1 heterocycles. The van der Waals surface area contributed by atoms with Gasteiger partial charge >= 0.3 is 0 Å². The van der Waals surface area contributed by atoms with Crippen molar-refractivity contribution in [2.24, 2.45) is 0 Å². The van der Waals surface area contributed by atoms with E-state index in [2.05, 4.69) is 6.92 Å². The molecule has 2 N–H and O–H groups in total. The van der Waals surface area contributed by atoms with Crippen LogP contribution >= 0.6 is 0 Å². The zero-order valence-electron chi connectivity index (χ0n) is 16.1. The van der Waals surface area contributed by atoms with Gasteiger partial charge in [-0.25, -0.2) is 0 Å². The van der Waals surface area contributed by atoms with Gasteiger partial charge in [0.1, 0.15) is 6.10 Å². The standard InChI is InChI=1S/C21H42O3/c1-2-3-4-5-6-7-8-9-10-11-12-13-14-15-16-19(22)21-20(23)17-18-24-21/h19-23H,2-18H2,1H3/t19?,20-,21-/m1/s1. The molecule has 144 valence electrons. The van der Waals surface area contributed by atoms with Crippen molar-refractivity contribution in [2.45, 2.75) is 128 Å². The van der Waals surface area contributed by atoms with Gasteiger partial charge in [-0.3, -0.25) is 0 Å². The van der Waals surface area contributed by atoms with Crippen molar-refractivity contribution < 1.29 is 14.9 Å². The monoisotopic (exact) mass is 342 g/mol. The molecule has 0 aromatic carbocycles. The molecule has 1 aliphatic rings. The molecule has 0 spiro atoms. The van der Waals surface area contributed by atoms with E-state index in [0.717, 1.165) is 12.8 Å². The highest BCUT2D eigenvalue weighted by molar-refractivity contribution is 4.81. The minimum absolute atomic E-state index is 0.341. The second-order valence-electron chi connectivity index (χ2n) is 7.64.